The fraction of sp³-hybridized carbons (Fsp3) is 0.636. The molecule has 2 aliphatic heterocycles. The summed E-state index contributed by atoms with van der Waals surface area (Å²) < 4.78 is 5.47. The number of hydrogen-bond acceptors (Lipinski definition) is 4. The van der Waals surface area contributed by atoms with Gasteiger partial charge in [-0.3, -0.25) is 4.79 Å². The second kappa shape index (κ2) is 10.5. The maximum absolute atomic E-state index is 12.5. The van der Waals surface area contributed by atoms with Crippen LogP contribution in [0.4, 0.5) is 4.79 Å². The summed E-state index contributed by atoms with van der Waals surface area (Å²) in [5, 5.41) is 0. The summed E-state index contributed by atoms with van der Waals surface area (Å²) in [5.74, 6) is 0.142. The zero-order valence-electron chi connectivity index (χ0n) is 17.0. The van der Waals surface area contributed by atoms with Crippen LogP contribution in [-0.4, -0.2) is 72.0 Å². The van der Waals surface area contributed by atoms with Crippen molar-refractivity contribution in [1.29, 1.82) is 0 Å². The van der Waals surface area contributed by atoms with E-state index in [1.807, 2.05) is 42.2 Å². The average Bonchev–Trinajstić information content (AvgIpc) is 2.86. The lowest BCUT2D eigenvalue weighted by Gasteiger charge is -2.30. The van der Waals surface area contributed by atoms with Crippen LogP contribution in [0.1, 0.15) is 44.6 Å². The number of piperidine rings is 1. The number of carbonyl (C=O) groups excluding carboxylic acids is 2. The van der Waals surface area contributed by atoms with Crippen molar-refractivity contribution in [2.45, 2.75) is 51.7 Å². The molecule has 0 radical (unpaired) electrons. The molecule has 0 unspecified atom stereocenters. The first-order valence-corrected chi connectivity index (χ1v) is 10.6. The van der Waals surface area contributed by atoms with Crippen molar-refractivity contribution < 1.29 is 14.3 Å². The van der Waals surface area contributed by atoms with E-state index in [0.29, 0.717) is 19.5 Å². The lowest BCUT2D eigenvalue weighted by atomic mass is 10.1. The molecule has 154 valence electrons. The summed E-state index contributed by atoms with van der Waals surface area (Å²) >= 11 is 0. The molecule has 0 aliphatic carbocycles. The molecule has 0 saturated carbocycles. The van der Waals surface area contributed by atoms with E-state index in [9.17, 15) is 9.59 Å². The molecule has 2 saturated heterocycles. The maximum Gasteiger partial charge on any atom is 0.410 e. The van der Waals surface area contributed by atoms with E-state index in [1.165, 1.54) is 32.4 Å². The fourth-order valence-electron chi connectivity index (χ4n) is 4.07. The van der Waals surface area contributed by atoms with Crippen LogP contribution in [-0.2, 0) is 16.1 Å². The minimum Gasteiger partial charge on any atom is -0.445 e. The zero-order valence-corrected chi connectivity index (χ0v) is 17.0. The normalized spacial score (nSPS) is 21.5. The quantitative estimate of drug-likeness (QED) is 0.753. The van der Waals surface area contributed by atoms with E-state index in [1.54, 1.807) is 4.90 Å². The summed E-state index contributed by atoms with van der Waals surface area (Å²) in [4.78, 5) is 31.2. The van der Waals surface area contributed by atoms with Crippen LogP contribution in [0.25, 0.3) is 0 Å². The SMILES string of the molecule is C[C@@H]1CN(CCCN2CCCCC2)C(=O)CCN1C(=O)OCc1ccccc1. The summed E-state index contributed by atoms with van der Waals surface area (Å²) in [7, 11) is 0. The number of likely N-dealkylation sites (tertiary alicyclic amines) is 1. The Morgan fingerprint density at radius 2 is 1.82 bits per heavy atom. The van der Waals surface area contributed by atoms with Gasteiger partial charge in [-0.15, -0.1) is 0 Å². The summed E-state index contributed by atoms with van der Waals surface area (Å²) in [6.07, 6.45) is 4.96. The van der Waals surface area contributed by atoms with Crippen molar-refractivity contribution in [2.75, 3.05) is 39.3 Å². The minimum absolute atomic E-state index is 0.0373. The van der Waals surface area contributed by atoms with Gasteiger partial charge in [0.2, 0.25) is 5.91 Å². The molecule has 6 heteroatoms. The molecule has 28 heavy (non-hydrogen) atoms. The molecule has 2 amide bonds. The highest BCUT2D eigenvalue weighted by Crippen LogP contribution is 2.15. The van der Waals surface area contributed by atoms with Gasteiger partial charge in [-0.1, -0.05) is 36.8 Å². The molecule has 1 aromatic carbocycles. The highest BCUT2D eigenvalue weighted by atomic mass is 16.6. The van der Waals surface area contributed by atoms with E-state index in [0.717, 1.165) is 25.1 Å². The summed E-state index contributed by atoms with van der Waals surface area (Å²) in [5.41, 5.74) is 0.966. The Morgan fingerprint density at radius 3 is 2.57 bits per heavy atom. The number of amides is 2. The minimum atomic E-state index is -0.334. The number of nitrogens with zero attached hydrogens (tertiary/aromatic N) is 3. The maximum atomic E-state index is 12.5. The van der Waals surface area contributed by atoms with Crippen molar-refractivity contribution in [3.05, 3.63) is 35.9 Å². The van der Waals surface area contributed by atoms with Gasteiger partial charge in [0.25, 0.3) is 0 Å². The van der Waals surface area contributed by atoms with Crippen LogP contribution < -0.4 is 0 Å². The molecule has 0 spiro atoms. The predicted octanol–water partition coefficient (Wildman–Crippen LogP) is 3.12. The highest BCUT2D eigenvalue weighted by molar-refractivity contribution is 5.78. The predicted molar refractivity (Wildman–Crippen MR) is 109 cm³/mol. The van der Waals surface area contributed by atoms with Crippen LogP contribution >= 0.6 is 0 Å². The van der Waals surface area contributed by atoms with Gasteiger partial charge >= 0.3 is 6.09 Å². The van der Waals surface area contributed by atoms with Crippen molar-refractivity contribution in [3.63, 3.8) is 0 Å². The van der Waals surface area contributed by atoms with Crippen LogP contribution in [0.15, 0.2) is 30.3 Å². The van der Waals surface area contributed by atoms with Crippen LogP contribution in [0.3, 0.4) is 0 Å². The van der Waals surface area contributed by atoms with E-state index >= 15 is 0 Å². The first-order valence-electron chi connectivity index (χ1n) is 10.6. The third-order valence-electron chi connectivity index (χ3n) is 5.73. The number of hydrogen-bond donors (Lipinski definition) is 0. The Bertz CT molecular complexity index is 631. The molecular formula is C22H33N3O3. The molecule has 2 fully saturated rings. The van der Waals surface area contributed by atoms with Crippen molar-refractivity contribution in [2.24, 2.45) is 0 Å². The van der Waals surface area contributed by atoms with Crippen LogP contribution in [0.2, 0.25) is 0 Å². The highest BCUT2D eigenvalue weighted by Gasteiger charge is 2.29. The second-order valence-electron chi connectivity index (χ2n) is 7.93. The molecule has 2 heterocycles. The summed E-state index contributed by atoms with van der Waals surface area (Å²) in [6.45, 7) is 7.47. The van der Waals surface area contributed by atoms with E-state index in [-0.39, 0.29) is 24.6 Å². The Balaban J connectivity index is 1.46. The molecule has 1 aromatic rings. The molecule has 3 rings (SSSR count). The van der Waals surface area contributed by atoms with Gasteiger partial charge in [0.15, 0.2) is 0 Å². The lowest BCUT2D eigenvalue weighted by Crippen LogP contribution is -2.43. The Kier molecular flexibility index (Phi) is 7.71. The van der Waals surface area contributed by atoms with Gasteiger partial charge in [0.1, 0.15) is 6.61 Å². The van der Waals surface area contributed by atoms with Gasteiger partial charge < -0.3 is 19.4 Å². The number of ether oxygens (including phenoxy) is 1. The number of rotatable bonds is 6. The largest absolute Gasteiger partial charge is 0.445 e. The molecule has 6 nitrogen and oxygen atoms in total. The lowest BCUT2D eigenvalue weighted by molar-refractivity contribution is -0.130. The average molecular weight is 388 g/mol. The molecule has 1 atom stereocenters. The third-order valence-corrected chi connectivity index (χ3v) is 5.73. The van der Waals surface area contributed by atoms with Crippen molar-refractivity contribution in [3.8, 4) is 0 Å². The molecule has 0 aromatic heterocycles. The van der Waals surface area contributed by atoms with Gasteiger partial charge in [-0.25, -0.2) is 4.79 Å². The number of benzene rings is 1. The topological polar surface area (TPSA) is 53.1 Å². The van der Waals surface area contributed by atoms with E-state index < -0.39 is 0 Å². The molecular weight excluding hydrogens is 354 g/mol. The summed E-state index contributed by atoms with van der Waals surface area (Å²) in [6, 6.07) is 9.63. The van der Waals surface area contributed by atoms with E-state index in [4.69, 9.17) is 4.74 Å². The molecule has 0 bridgehead atoms. The standard InChI is InChI=1S/C22H33N3O3/c1-19-17-24(15-8-14-23-12-6-3-7-13-23)21(26)11-16-25(19)22(27)28-18-20-9-4-2-5-10-20/h2,4-5,9-10,19H,3,6-8,11-18H2,1H3/t19-/m1/s1. The fourth-order valence-corrected chi connectivity index (χ4v) is 4.07. The number of carbonyl (C=O) groups is 2. The Morgan fingerprint density at radius 1 is 1.07 bits per heavy atom. The van der Waals surface area contributed by atoms with Crippen molar-refractivity contribution >= 4 is 12.0 Å². The van der Waals surface area contributed by atoms with Crippen molar-refractivity contribution in [1.82, 2.24) is 14.7 Å². The smallest absolute Gasteiger partial charge is 0.410 e. The molecule has 0 N–H and O–H groups in total. The first kappa shape index (κ1) is 20.6. The van der Waals surface area contributed by atoms with Crippen LogP contribution in [0.5, 0.6) is 0 Å². The Labute approximate surface area is 168 Å². The molecule has 2 aliphatic rings. The van der Waals surface area contributed by atoms with E-state index in [2.05, 4.69) is 4.90 Å². The van der Waals surface area contributed by atoms with Gasteiger partial charge in [0.05, 0.1) is 0 Å². The zero-order chi connectivity index (χ0) is 19.8. The van der Waals surface area contributed by atoms with Crippen LogP contribution in [0, 0.1) is 0 Å². The second-order valence-corrected chi connectivity index (χ2v) is 7.93. The van der Waals surface area contributed by atoms with Gasteiger partial charge in [-0.2, -0.15) is 0 Å². The van der Waals surface area contributed by atoms with Gasteiger partial charge in [0, 0.05) is 32.1 Å². The Hall–Kier alpha value is -2.08. The third kappa shape index (κ3) is 5.96. The first-order chi connectivity index (χ1) is 13.6. The monoisotopic (exact) mass is 387 g/mol. The van der Waals surface area contributed by atoms with Gasteiger partial charge in [-0.05, 0) is 51.4 Å².